The number of benzene rings is 1. The number of nitrogens with one attached hydrogen (secondary N) is 1. The number of carbonyl (C=O) groups excluding carboxylic acids is 2. The predicted molar refractivity (Wildman–Crippen MR) is 102 cm³/mol. The van der Waals surface area contributed by atoms with Crippen LogP contribution in [-0.2, 0) is 9.59 Å². The number of rotatable bonds is 4. The van der Waals surface area contributed by atoms with Crippen LogP contribution >= 0.6 is 11.8 Å². The highest BCUT2D eigenvalue weighted by Gasteiger charge is 2.30. The van der Waals surface area contributed by atoms with E-state index in [1.54, 1.807) is 12.1 Å². The maximum Gasteiger partial charge on any atom is 0.232 e. The Morgan fingerprint density at radius 2 is 1.89 bits per heavy atom. The molecule has 0 aromatic heterocycles. The minimum absolute atomic E-state index is 0.0323. The summed E-state index contributed by atoms with van der Waals surface area (Å²) in [5.41, 5.74) is 1.15. The third-order valence-corrected chi connectivity index (χ3v) is 5.93. The highest BCUT2D eigenvalue weighted by Crippen LogP contribution is 2.36. The van der Waals surface area contributed by atoms with Crippen molar-refractivity contribution >= 4 is 23.6 Å². The first-order chi connectivity index (χ1) is 13.1. The molecule has 142 valence electrons. The molecular formula is C20H22FN3O2S. The highest BCUT2D eigenvalue weighted by atomic mass is 32.2. The summed E-state index contributed by atoms with van der Waals surface area (Å²) < 4.78 is 13.2. The summed E-state index contributed by atoms with van der Waals surface area (Å²) in [6, 6.07) is 8.02. The van der Waals surface area contributed by atoms with E-state index in [9.17, 15) is 19.2 Å². The van der Waals surface area contributed by atoms with Gasteiger partial charge in [0.15, 0.2) is 0 Å². The van der Waals surface area contributed by atoms with Gasteiger partial charge in [-0.3, -0.25) is 9.59 Å². The number of nitriles is 1. The van der Waals surface area contributed by atoms with Gasteiger partial charge in [0.2, 0.25) is 11.8 Å². The van der Waals surface area contributed by atoms with E-state index in [1.807, 2.05) is 4.90 Å². The van der Waals surface area contributed by atoms with Crippen molar-refractivity contribution in [1.82, 2.24) is 10.2 Å². The molecule has 2 aliphatic rings. The van der Waals surface area contributed by atoms with Gasteiger partial charge in [-0.15, -0.1) is 0 Å². The summed E-state index contributed by atoms with van der Waals surface area (Å²) in [7, 11) is 0. The maximum atomic E-state index is 13.2. The van der Waals surface area contributed by atoms with Crippen molar-refractivity contribution in [1.29, 1.82) is 5.26 Å². The molecule has 5 nitrogen and oxygen atoms in total. The second kappa shape index (κ2) is 9.05. The van der Waals surface area contributed by atoms with Gasteiger partial charge in [-0.25, -0.2) is 4.39 Å². The fourth-order valence-electron chi connectivity index (χ4n) is 3.46. The van der Waals surface area contributed by atoms with Crippen molar-refractivity contribution < 1.29 is 14.0 Å². The summed E-state index contributed by atoms with van der Waals surface area (Å²) in [6.07, 6.45) is 4.47. The fourth-order valence-corrected chi connectivity index (χ4v) is 4.44. The normalized spacial score (nSPS) is 20.7. The zero-order valence-electron chi connectivity index (χ0n) is 15.0. The zero-order valence-corrected chi connectivity index (χ0v) is 15.9. The zero-order chi connectivity index (χ0) is 19.2. The summed E-state index contributed by atoms with van der Waals surface area (Å²) in [4.78, 5) is 26.5. The molecular weight excluding hydrogens is 365 g/mol. The summed E-state index contributed by atoms with van der Waals surface area (Å²) in [5.74, 6) is -0.756. The van der Waals surface area contributed by atoms with Crippen LogP contribution < -0.4 is 5.32 Å². The van der Waals surface area contributed by atoms with E-state index in [0.29, 0.717) is 10.6 Å². The number of thioether (sulfide) groups is 1. The average molecular weight is 387 g/mol. The number of allylic oxidation sites excluding steroid dienone is 1. The van der Waals surface area contributed by atoms with Gasteiger partial charge in [0.1, 0.15) is 5.82 Å². The quantitative estimate of drug-likeness (QED) is 0.860. The van der Waals surface area contributed by atoms with Gasteiger partial charge >= 0.3 is 0 Å². The molecule has 3 rings (SSSR count). The lowest BCUT2D eigenvalue weighted by Gasteiger charge is -2.26. The van der Waals surface area contributed by atoms with Gasteiger partial charge in [-0.2, -0.15) is 5.26 Å². The molecule has 0 aliphatic carbocycles. The Labute approximate surface area is 162 Å². The van der Waals surface area contributed by atoms with Crippen molar-refractivity contribution in [2.45, 2.75) is 38.0 Å². The van der Waals surface area contributed by atoms with E-state index < -0.39 is 5.92 Å². The van der Waals surface area contributed by atoms with Crippen molar-refractivity contribution in [3.63, 3.8) is 0 Å². The van der Waals surface area contributed by atoms with Gasteiger partial charge < -0.3 is 10.2 Å². The van der Waals surface area contributed by atoms with Crippen LogP contribution in [0.1, 0.15) is 43.6 Å². The molecule has 2 heterocycles. The van der Waals surface area contributed by atoms with Crippen LogP contribution in [0.4, 0.5) is 4.39 Å². The predicted octanol–water partition coefficient (Wildman–Crippen LogP) is 3.30. The molecule has 1 aromatic carbocycles. The van der Waals surface area contributed by atoms with Crippen LogP contribution in [0.25, 0.3) is 0 Å². The lowest BCUT2D eigenvalue weighted by Crippen LogP contribution is -2.35. The van der Waals surface area contributed by atoms with E-state index in [0.717, 1.165) is 44.3 Å². The first kappa shape index (κ1) is 19.4. The molecule has 1 aromatic rings. The minimum atomic E-state index is -0.417. The van der Waals surface area contributed by atoms with Crippen LogP contribution in [0.2, 0.25) is 0 Å². The number of amides is 2. The molecule has 1 fully saturated rings. The standard InChI is InChI=1S/C20H22FN3O2S/c21-15-7-5-14(6-8-15)16-11-18(25)23-20(17(16)12-22)27-13-19(26)24-9-3-1-2-4-10-24/h5-8,16H,1-4,9-11,13H2,(H,23,25)/t16-/m0/s1. The van der Waals surface area contributed by atoms with Gasteiger partial charge in [0, 0.05) is 25.4 Å². The second-order valence-electron chi connectivity index (χ2n) is 6.79. The number of carbonyl (C=O) groups is 2. The minimum Gasteiger partial charge on any atom is -0.342 e. The maximum absolute atomic E-state index is 13.2. The Hall–Kier alpha value is -2.33. The Kier molecular flexibility index (Phi) is 6.51. The number of nitrogens with zero attached hydrogens (tertiary/aromatic N) is 2. The molecule has 0 bridgehead atoms. The molecule has 7 heteroatoms. The first-order valence-corrected chi connectivity index (χ1v) is 10.2. The van der Waals surface area contributed by atoms with E-state index in [4.69, 9.17) is 0 Å². The van der Waals surface area contributed by atoms with Crippen LogP contribution in [-0.4, -0.2) is 35.6 Å². The number of hydrogen-bond acceptors (Lipinski definition) is 4. The summed E-state index contributed by atoms with van der Waals surface area (Å²) in [6.45, 7) is 1.54. The van der Waals surface area contributed by atoms with Crippen molar-refractivity contribution in [3.8, 4) is 6.07 Å². The van der Waals surface area contributed by atoms with Gasteiger partial charge in [-0.05, 0) is 30.5 Å². The molecule has 27 heavy (non-hydrogen) atoms. The molecule has 0 saturated carbocycles. The number of hydrogen-bond donors (Lipinski definition) is 1. The van der Waals surface area contributed by atoms with Gasteiger partial charge in [0.25, 0.3) is 0 Å². The lowest BCUT2D eigenvalue weighted by molar-refractivity contribution is -0.128. The Morgan fingerprint density at radius 3 is 2.52 bits per heavy atom. The average Bonchev–Trinajstić information content (AvgIpc) is 2.96. The van der Waals surface area contributed by atoms with E-state index in [-0.39, 0.29) is 29.8 Å². The summed E-state index contributed by atoms with van der Waals surface area (Å²) >= 11 is 1.20. The van der Waals surface area contributed by atoms with Gasteiger partial charge in [0.05, 0.1) is 22.4 Å². The van der Waals surface area contributed by atoms with Crippen LogP contribution in [0.5, 0.6) is 0 Å². The Morgan fingerprint density at radius 1 is 1.22 bits per heavy atom. The topological polar surface area (TPSA) is 73.2 Å². The molecule has 0 unspecified atom stereocenters. The smallest absolute Gasteiger partial charge is 0.232 e. The highest BCUT2D eigenvalue weighted by molar-refractivity contribution is 8.03. The fraction of sp³-hybridized carbons (Fsp3) is 0.450. The third-order valence-electron chi connectivity index (χ3n) is 4.93. The summed E-state index contributed by atoms with van der Waals surface area (Å²) in [5, 5.41) is 12.8. The molecule has 2 amide bonds. The van der Waals surface area contributed by atoms with E-state index in [1.165, 1.54) is 23.9 Å². The largest absolute Gasteiger partial charge is 0.342 e. The Bertz CT molecular complexity index is 777. The van der Waals surface area contributed by atoms with Crippen molar-refractivity contribution in [2.75, 3.05) is 18.8 Å². The number of likely N-dealkylation sites (tertiary alicyclic amines) is 1. The molecule has 0 spiro atoms. The van der Waals surface area contributed by atoms with Crippen molar-refractivity contribution in [2.24, 2.45) is 0 Å². The molecule has 1 atom stereocenters. The SMILES string of the molecule is N#CC1=C(SCC(=O)N2CCCCCC2)NC(=O)C[C@H]1c1ccc(F)cc1. The van der Waals surface area contributed by atoms with Gasteiger partial charge in [-0.1, -0.05) is 36.7 Å². The lowest BCUT2D eigenvalue weighted by atomic mass is 9.87. The van der Waals surface area contributed by atoms with Crippen molar-refractivity contribution in [3.05, 3.63) is 46.2 Å². The van der Waals surface area contributed by atoms with Crippen LogP contribution in [0.15, 0.2) is 34.9 Å². The van der Waals surface area contributed by atoms with Crippen LogP contribution in [0, 0.1) is 17.1 Å². The molecule has 0 radical (unpaired) electrons. The first-order valence-electron chi connectivity index (χ1n) is 9.18. The second-order valence-corrected chi connectivity index (χ2v) is 7.78. The molecule has 2 aliphatic heterocycles. The monoisotopic (exact) mass is 387 g/mol. The third kappa shape index (κ3) is 4.89. The van der Waals surface area contributed by atoms with E-state index in [2.05, 4.69) is 11.4 Å². The Balaban J connectivity index is 1.75. The van der Waals surface area contributed by atoms with E-state index >= 15 is 0 Å². The molecule has 1 saturated heterocycles. The number of halogens is 1. The molecule has 1 N–H and O–H groups in total. The van der Waals surface area contributed by atoms with Crippen LogP contribution in [0.3, 0.4) is 0 Å².